The molecule has 1 unspecified atom stereocenters. The van der Waals surface area contributed by atoms with E-state index in [1.54, 1.807) is 17.6 Å². The van der Waals surface area contributed by atoms with E-state index in [-0.39, 0.29) is 5.91 Å². The average Bonchev–Trinajstić information content (AvgIpc) is 2.91. The molecule has 5 heteroatoms. The number of hydrogen-bond acceptors (Lipinski definition) is 3. The number of anilines is 1. The van der Waals surface area contributed by atoms with Crippen LogP contribution in [-0.4, -0.2) is 16.4 Å². The molecule has 1 atom stereocenters. The molecule has 0 fully saturated rings. The van der Waals surface area contributed by atoms with Gasteiger partial charge in [0.2, 0.25) is 5.91 Å². The lowest BCUT2D eigenvalue weighted by atomic mass is 10.2. The molecule has 3 nitrogen and oxygen atoms in total. The third-order valence-corrected chi connectivity index (χ3v) is 4.48. The second kappa shape index (κ2) is 7.36. The molecular formula is C15H17NO2S2. The molecule has 0 aliphatic carbocycles. The SMILES string of the molecule is CS(=O)Cc1ccccc1NC(=O)CCc1cccs1. The van der Waals surface area contributed by atoms with E-state index in [0.29, 0.717) is 12.2 Å². The van der Waals surface area contributed by atoms with Crippen molar-refractivity contribution in [1.29, 1.82) is 0 Å². The first-order valence-electron chi connectivity index (χ1n) is 6.35. The van der Waals surface area contributed by atoms with Crippen molar-refractivity contribution >= 4 is 33.7 Å². The van der Waals surface area contributed by atoms with E-state index in [0.717, 1.165) is 17.7 Å². The van der Waals surface area contributed by atoms with E-state index in [1.165, 1.54) is 4.88 Å². The lowest BCUT2D eigenvalue weighted by Gasteiger charge is -2.09. The van der Waals surface area contributed by atoms with Crippen LogP contribution in [0.4, 0.5) is 5.69 Å². The number of carbonyl (C=O) groups excluding carboxylic acids is 1. The normalized spacial score (nSPS) is 12.1. The monoisotopic (exact) mass is 307 g/mol. The van der Waals surface area contributed by atoms with Crippen LogP contribution in [0.2, 0.25) is 0 Å². The van der Waals surface area contributed by atoms with Gasteiger partial charge < -0.3 is 5.32 Å². The minimum Gasteiger partial charge on any atom is -0.326 e. The van der Waals surface area contributed by atoms with Crippen LogP contribution in [0.1, 0.15) is 16.9 Å². The summed E-state index contributed by atoms with van der Waals surface area (Å²) in [4.78, 5) is 13.2. The van der Waals surface area contributed by atoms with E-state index in [1.807, 2.05) is 41.8 Å². The maximum absolute atomic E-state index is 12.0. The molecule has 1 aromatic carbocycles. The largest absolute Gasteiger partial charge is 0.326 e. The zero-order chi connectivity index (χ0) is 14.4. The van der Waals surface area contributed by atoms with Gasteiger partial charge in [-0.3, -0.25) is 9.00 Å². The van der Waals surface area contributed by atoms with Gasteiger partial charge in [0.1, 0.15) is 0 Å². The van der Waals surface area contributed by atoms with Crippen LogP contribution >= 0.6 is 11.3 Å². The lowest BCUT2D eigenvalue weighted by Crippen LogP contribution is -2.13. The molecule has 0 aliphatic rings. The fourth-order valence-corrected chi connectivity index (χ4v) is 3.29. The summed E-state index contributed by atoms with van der Waals surface area (Å²) in [6.45, 7) is 0. The molecule has 0 saturated carbocycles. The van der Waals surface area contributed by atoms with Crippen molar-refractivity contribution in [2.24, 2.45) is 0 Å². The average molecular weight is 307 g/mol. The predicted molar refractivity (Wildman–Crippen MR) is 85.5 cm³/mol. The fourth-order valence-electron chi connectivity index (χ4n) is 1.89. The Morgan fingerprint density at radius 1 is 1.25 bits per heavy atom. The van der Waals surface area contributed by atoms with Gasteiger partial charge >= 0.3 is 0 Å². The zero-order valence-corrected chi connectivity index (χ0v) is 12.9. The topological polar surface area (TPSA) is 46.2 Å². The number of carbonyl (C=O) groups is 1. The molecule has 0 saturated heterocycles. The van der Waals surface area contributed by atoms with Gasteiger partial charge in [-0.25, -0.2) is 0 Å². The van der Waals surface area contributed by atoms with Crippen molar-refractivity contribution < 1.29 is 9.00 Å². The van der Waals surface area contributed by atoms with Crippen LogP contribution in [0.25, 0.3) is 0 Å². The number of aryl methyl sites for hydroxylation is 1. The Labute approximate surface area is 125 Å². The van der Waals surface area contributed by atoms with Gasteiger partial charge in [0.25, 0.3) is 0 Å². The Balaban J connectivity index is 1.95. The first-order chi connectivity index (χ1) is 9.65. The summed E-state index contributed by atoms with van der Waals surface area (Å²) in [6, 6.07) is 11.5. The highest BCUT2D eigenvalue weighted by Gasteiger charge is 2.08. The van der Waals surface area contributed by atoms with Crippen molar-refractivity contribution in [3.05, 3.63) is 52.2 Å². The summed E-state index contributed by atoms with van der Waals surface area (Å²) in [5, 5.41) is 4.92. The Morgan fingerprint density at radius 3 is 2.75 bits per heavy atom. The van der Waals surface area contributed by atoms with Gasteiger partial charge in [-0.05, 0) is 29.5 Å². The summed E-state index contributed by atoms with van der Waals surface area (Å²) >= 11 is 1.66. The maximum atomic E-state index is 12.0. The molecule has 1 N–H and O–H groups in total. The third-order valence-electron chi connectivity index (χ3n) is 2.83. The van der Waals surface area contributed by atoms with Crippen LogP contribution in [0.3, 0.4) is 0 Å². The van der Waals surface area contributed by atoms with E-state index in [4.69, 9.17) is 0 Å². The van der Waals surface area contributed by atoms with Crippen molar-refractivity contribution in [3.63, 3.8) is 0 Å². The van der Waals surface area contributed by atoms with Crippen LogP contribution in [0.5, 0.6) is 0 Å². The maximum Gasteiger partial charge on any atom is 0.224 e. The number of para-hydroxylation sites is 1. The molecule has 0 radical (unpaired) electrons. The smallest absolute Gasteiger partial charge is 0.224 e. The molecule has 1 amide bonds. The number of nitrogens with one attached hydrogen (secondary N) is 1. The first-order valence-corrected chi connectivity index (χ1v) is 8.96. The summed E-state index contributed by atoms with van der Waals surface area (Å²) in [7, 11) is -0.919. The van der Waals surface area contributed by atoms with Crippen molar-refractivity contribution in [2.75, 3.05) is 11.6 Å². The van der Waals surface area contributed by atoms with E-state index in [9.17, 15) is 9.00 Å². The van der Waals surface area contributed by atoms with Gasteiger partial charge in [0.15, 0.2) is 0 Å². The summed E-state index contributed by atoms with van der Waals surface area (Å²) in [5.74, 6) is 0.453. The highest BCUT2D eigenvalue weighted by molar-refractivity contribution is 7.83. The summed E-state index contributed by atoms with van der Waals surface area (Å²) in [5.41, 5.74) is 1.68. The number of benzene rings is 1. The summed E-state index contributed by atoms with van der Waals surface area (Å²) < 4.78 is 11.3. The Hall–Kier alpha value is -1.46. The molecule has 0 bridgehead atoms. The molecule has 2 aromatic rings. The Kier molecular flexibility index (Phi) is 5.49. The minimum atomic E-state index is -0.919. The van der Waals surface area contributed by atoms with Crippen molar-refractivity contribution in [3.8, 4) is 0 Å². The second-order valence-electron chi connectivity index (χ2n) is 4.50. The number of rotatable bonds is 6. The van der Waals surface area contributed by atoms with Gasteiger partial charge in [-0.1, -0.05) is 24.3 Å². The molecular weight excluding hydrogens is 290 g/mol. The molecule has 1 aromatic heterocycles. The van der Waals surface area contributed by atoms with E-state index in [2.05, 4.69) is 5.32 Å². The van der Waals surface area contributed by atoms with Crippen LogP contribution in [0, 0.1) is 0 Å². The second-order valence-corrected chi connectivity index (χ2v) is 6.97. The third kappa shape index (κ3) is 4.58. The number of thiophene rings is 1. The van der Waals surface area contributed by atoms with Gasteiger partial charge in [0, 0.05) is 34.0 Å². The fraction of sp³-hybridized carbons (Fsp3) is 0.267. The van der Waals surface area contributed by atoms with Crippen LogP contribution in [-0.2, 0) is 27.8 Å². The van der Waals surface area contributed by atoms with Gasteiger partial charge in [0.05, 0.1) is 5.75 Å². The van der Waals surface area contributed by atoms with Crippen molar-refractivity contribution in [1.82, 2.24) is 0 Å². The molecule has 1 heterocycles. The summed E-state index contributed by atoms with van der Waals surface area (Å²) in [6.07, 6.45) is 2.88. The Morgan fingerprint density at radius 2 is 2.05 bits per heavy atom. The quantitative estimate of drug-likeness (QED) is 0.891. The van der Waals surface area contributed by atoms with Crippen LogP contribution in [0.15, 0.2) is 41.8 Å². The standard InChI is InChI=1S/C15H17NO2S2/c1-20(18)11-12-5-2-3-7-14(12)16-15(17)9-8-13-6-4-10-19-13/h2-7,10H,8-9,11H2,1H3,(H,16,17). The minimum absolute atomic E-state index is 0.00673. The van der Waals surface area contributed by atoms with Crippen molar-refractivity contribution in [2.45, 2.75) is 18.6 Å². The van der Waals surface area contributed by atoms with E-state index < -0.39 is 10.8 Å². The highest BCUT2D eigenvalue weighted by atomic mass is 32.2. The number of amides is 1. The lowest BCUT2D eigenvalue weighted by molar-refractivity contribution is -0.116. The molecule has 2 rings (SSSR count). The first kappa shape index (κ1) is 14.9. The molecule has 0 aliphatic heterocycles. The van der Waals surface area contributed by atoms with Gasteiger partial charge in [-0.2, -0.15) is 0 Å². The molecule has 106 valence electrons. The van der Waals surface area contributed by atoms with Crippen LogP contribution < -0.4 is 5.32 Å². The zero-order valence-electron chi connectivity index (χ0n) is 11.3. The van der Waals surface area contributed by atoms with Gasteiger partial charge in [-0.15, -0.1) is 11.3 Å². The molecule has 0 spiro atoms. The van der Waals surface area contributed by atoms with E-state index >= 15 is 0 Å². The highest BCUT2D eigenvalue weighted by Crippen LogP contribution is 2.17. The molecule has 20 heavy (non-hydrogen) atoms. The Bertz CT molecular complexity index is 594. The number of hydrogen-bond donors (Lipinski definition) is 1. The predicted octanol–water partition coefficient (Wildman–Crippen LogP) is 3.20.